The summed E-state index contributed by atoms with van der Waals surface area (Å²) in [7, 11) is 0. The van der Waals surface area contributed by atoms with E-state index in [4.69, 9.17) is 0 Å². The van der Waals surface area contributed by atoms with Gasteiger partial charge in [-0.3, -0.25) is 4.79 Å². The van der Waals surface area contributed by atoms with Crippen molar-refractivity contribution in [3.05, 3.63) is 89.0 Å². The van der Waals surface area contributed by atoms with Crippen LogP contribution in [0.15, 0.2) is 77.0 Å². The maximum atomic E-state index is 12.6. The average Bonchev–Trinajstić information content (AvgIpc) is 3.12. The minimum atomic E-state index is -0.112. The number of carbonyl (C=O) groups excluding carboxylic acids is 1. The normalized spacial score (nSPS) is 12.3. The quantitative estimate of drug-likeness (QED) is 0.281. The molecule has 0 aliphatic rings. The van der Waals surface area contributed by atoms with Gasteiger partial charge in [0, 0.05) is 17.0 Å². The molecular formula is C27H28N4O2. The Labute approximate surface area is 193 Å². The van der Waals surface area contributed by atoms with Gasteiger partial charge < -0.3 is 15.4 Å². The summed E-state index contributed by atoms with van der Waals surface area (Å²) < 4.78 is 0. The molecule has 0 aliphatic carbocycles. The van der Waals surface area contributed by atoms with E-state index in [1.165, 1.54) is 5.56 Å². The molecule has 0 spiro atoms. The van der Waals surface area contributed by atoms with E-state index in [0.717, 1.165) is 34.9 Å². The van der Waals surface area contributed by atoms with Gasteiger partial charge >= 0.3 is 0 Å². The van der Waals surface area contributed by atoms with Crippen LogP contribution in [0.1, 0.15) is 40.4 Å². The van der Waals surface area contributed by atoms with Gasteiger partial charge in [0.2, 0.25) is 5.88 Å². The van der Waals surface area contributed by atoms with Crippen LogP contribution in [0.25, 0.3) is 10.9 Å². The van der Waals surface area contributed by atoms with Crippen LogP contribution in [0, 0.1) is 13.8 Å². The van der Waals surface area contributed by atoms with Crippen LogP contribution in [-0.4, -0.2) is 22.0 Å². The lowest BCUT2D eigenvalue weighted by atomic mass is 10.1. The molecule has 4 aromatic rings. The number of aromatic amines is 1. The lowest BCUT2D eigenvalue weighted by Crippen LogP contribution is -2.32. The van der Waals surface area contributed by atoms with E-state index in [9.17, 15) is 9.90 Å². The minimum Gasteiger partial charge on any atom is -0.493 e. The molecule has 1 atom stereocenters. The van der Waals surface area contributed by atoms with E-state index in [0.29, 0.717) is 16.9 Å². The minimum absolute atomic E-state index is 0.0112. The molecule has 6 heteroatoms. The van der Waals surface area contributed by atoms with Gasteiger partial charge in [0.05, 0.1) is 11.2 Å². The van der Waals surface area contributed by atoms with Crippen LogP contribution in [0.4, 0.5) is 11.4 Å². The summed E-state index contributed by atoms with van der Waals surface area (Å²) >= 11 is 0. The molecule has 0 radical (unpaired) electrons. The Morgan fingerprint density at radius 1 is 1.03 bits per heavy atom. The summed E-state index contributed by atoms with van der Waals surface area (Å²) in [6.45, 7) is 6.00. The molecule has 0 saturated carbocycles. The number of aryl methyl sites for hydroxylation is 3. The Morgan fingerprint density at radius 3 is 2.48 bits per heavy atom. The van der Waals surface area contributed by atoms with Crippen LogP contribution in [0.5, 0.6) is 5.88 Å². The van der Waals surface area contributed by atoms with Crippen LogP contribution >= 0.6 is 0 Å². The number of nitrogens with one attached hydrogen (secondary N) is 2. The van der Waals surface area contributed by atoms with E-state index in [1.54, 1.807) is 24.3 Å². The first-order valence-electron chi connectivity index (χ1n) is 11.1. The third-order valence-electron chi connectivity index (χ3n) is 5.68. The number of benzene rings is 3. The molecule has 0 saturated heterocycles. The Kier molecular flexibility index (Phi) is 6.54. The van der Waals surface area contributed by atoms with Gasteiger partial charge in [-0.2, -0.15) is 5.11 Å². The highest BCUT2D eigenvalue weighted by Gasteiger charge is 2.13. The Balaban J connectivity index is 1.40. The molecule has 0 unspecified atom stereocenters. The third kappa shape index (κ3) is 5.29. The van der Waals surface area contributed by atoms with Crippen LogP contribution < -0.4 is 5.32 Å². The zero-order chi connectivity index (χ0) is 23.4. The molecular weight excluding hydrogens is 412 g/mol. The highest BCUT2D eigenvalue weighted by molar-refractivity contribution is 5.96. The van der Waals surface area contributed by atoms with Gasteiger partial charge in [-0.1, -0.05) is 42.0 Å². The molecule has 0 fully saturated rings. The van der Waals surface area contributed by atoms with Gasteiger partial charge in [-0.25, -0.2) is 0 Å². The van der Waals surface area contributed by atoms with E-state index in [1.807, 2.05) is 51.1 Å². The second kappa shape index (κ2) is 9.69. The second-order valence-electron chi connectivity index (χ2n) is 8.47. The summed E-state index contributed by atoms with van der Waals surface area (Å²) in [5.41, 5.74) is 5.81. The summed E-state index contributed by atoms with van der Waals surface area (Å²) in [6.07, 6.45) is 1.79. The van der Waals surface area contributed by atoms with Crippen molar-refractivity contribution in [1.82, 2.24) is 10.3 Å². The Bertz CT molecular complexity index is 1290. The van der Waals surface area contributed by atoms with Crippen molar-refractivity contribution < 1.29 is 9.90 Å². The van der Waals surface area contributed by atoms with Gasteiger partial charge in [0.15, 0.2) is 5.69 Å². The van der Waals surface area contributed by atoms with E-state index < -0.39 is 0 Å². The Hall–Kier alpha value is -3.93. The first-order chi connectivity index (χ1) is 15.9. The fraction of sp³-hybridized carbons (Fsp3) is 0.222. The molecule has 6 nitrogen and oxygen atoms in total. The van der Waals surface area contributed by atoms with Gasteiger partial charge in [0.25, 0.3) is 5.91 Å². The number of aromatic nitrogens is 1. The first-order valence-corrected chi connectivity index (χ1v) is 11.1. The lowest BCUT2D eigenvalue weighted by molar-refractivity contribution is 0.0938. The second-order valence-corrected chi connectivity index (χ2v) is 8.47. The van der Waals surface area contributed by atoms with Gasteiger partial charge in [0.1, 0.15) is 0 Å². The first kappa shape index (κ1) is 22.3. The number of nitrogens with zero attached hydrogens (tertiary/aromatic N) is 2. The van der Waals surface area contributed by atoms with Crippen LogP contribution in [0.2, 0.25) is 0 Å². The standard InChI is InChI=1S/C27H28N4O2/c1-17-15-18(2)24-23(16-17)25(27(33)29-24)31-30-22-13-11-21(12-14-22)26(32)28-19(3)9-10-20-7-5-4-6-8-20/h4-8,11-16,19,29,33H,9-10H2,1-3H3,(H,28,32)/t19-/m1/s1. The number of carbonyl (C=O) groups is 1. The van der Waals surface area contributed by atoms with Crippen LogP contribution in [-0.2, 0) is 6.42 Å². The van der Waals surface area contributed by atoms with E-state index in [2.05, 4.69) is 32.7 Å². The van der Waals surface area contributed by atoms with E-state index in [-0.39, 0.29) is 17.8 Å². The molecule has 1 aromatic heterocycles. The lowest BCUT2D eigenvalue weighted by Gasteiger charge is -2.14. The highest BCUT2D eigenvalue weighted by atomic mass is 16.3. The third-order valence-corrected chi connectivity index (χ3v) is 5.68. The molecule has 168 valence electrons. The van der Waals surface area contributed by atoms with Crippen molar-refractivity contribution in [2.75, 3.05) is 0 Å². The molecule has 33 heavy (non-hydrogen) atoms. The number of aromatic hydroxyl groups is 1. The highest BCUT2D eigenvalue weighted by Crippen LogP contribution is 2.38. The number of fused-ring (bicyclic) bond motifs is 1. The van der Waals surface area contributed by atoms with Crippen molar-refractivity contribution >= 4 is 28.2 Å². The maximum absolute atomic E-state index is 12.6. The zero-order valence-corrected chi connectivity index (χ0v) is 19.1. The fourth-order valence-corrected chi connectivity index (χ4v) is 3.92. The number of hydrogen-bond acceptors (Lipinski definition) is 4. The predicted octanol–water partition coefficient (Wildman–Crippen LogP) is 6.66. The summed E-state index contributed by atoms with van der Waals surface area (Å²) in [6, 6.07) is 21.3. The summed E-state index contributed by atoms with van der Waals surface area (Å²) in [5.74, 6) is -0.123. The topological polar surface area (TPSA) is 89.8 Å². The van der Waals surface area contributed by atoms with Crippen molar-refractivity contribution in [3.8, 4) is 5.88 Å². The van der Waals surface area contributed by atoms with Gasteiger partial charge in [-0.05, 0) is 75.1 Å². The maximum Gasteiger partial charge on any atom is 0.251 e. The zero-order valence-electron chi connectivity index (χ0n) is 19.1. The molecule has 0 bridgehead atoms. The molecule has 1 amide bonds. The summed E-state index contributed by atoms with van der Waals surface area (Å²) in [5, 5.41) is 22.7. The van der Waals surface area contributed by atoms with Crippen molar-refractivity contribution in [2.24, 2.45) is 10.2 Å². The predicted molar refractivity (Wildman–Crippen MR) is 132 cm³/mol. The number of amides is 1. The fourth-order valence-electron chi connectivity index (χ4n) is 3.92. The van der Waals surface area contributed by atoms with Crippen LogP contribution in [0.3, 0.4) is 0 Å². The summed E-state index contributed by atoms with van der Waals surface area (Å²) in [4.78, 5) is 15.5. The number of rotatable bonds is 7. The molecule has 3 aromatic carbocycles. The molecule has 0 aliphatic heterocycles. The molecule has 3 N–H and O–H groups in total. The smallest absolute Gasteiger partial charge is 0.251 e. The Morgan fingerprint density at radius 2 is 1.76 bits per heavy atom. The largest absolute Gasteiger partial charge is 0.493 e. The number of azo groups is 1. The van der Waals surface area contributed by atoms with Crippen molar-refractivity contribution in [3.63, 3.8) is 0 Å². The average molecular weight is 441 g/mol. The van der Waals surface area contributed by atoms with E-state index >= 15 is 0 Å². The number of H-pyrrole nitrogens is 1. The number of hydrogen-bond donors (Lipinski definition) is 3. The molecule has 1 heterocycles. The van der Waals surface area contributed by atoms with Gasteiger partial charge in [-0.15, -0.1) is 5.11 Å². The molecule has 4 rings (SSSR count). The van der Waals surface area contributed by atoms with Crippen molar-refractivity contribution in [2.45, 2.75) is 39.7 Å². The SMILES string of the molecule is Cc1cc(C)c2[nH]c(O)c(N=Nc3ccc(C(=O)N[C@H](C)CCc4ccccc4)cc3)c2c1. The van der Waals surface area contributed by atoms with Crippen molar-refractivity contribution in [1.29, 1.82) is 0 Å². The monoisotopic (exact) mass is 440 g/mol.